The number of hydrogen-bond acceptors (Lipinski definition) is 4. The molecule has 0 amide bonds. The molecule has 8 aromatic rings. The molecule has 0 saturated carbocycles. The average Bonchev–Trinajstić information content (AvgIpc) is 3.68. The van der Waals surface area contributed by atoms with E-state index in [0.717, 1.165) is 84.0 Å². The Kier molecular flexibility index (Phi) is 9.22. The molecule has 0 unspecified atom stereocenters. The second-order valence-corrected chi connectivity index (χ2v) is 15.4. The van der Waals surface area contributed by atoms with Gasteiger partial charge in [-0.15, -0.1) is 0 Å². The van der Waals surface area contributed by atoms with Gasteiger partial charge in [0.25, 0.3) is 0 Å². The number of aromatic nitrogens is 4. The summed E-state index contributed by atoms with van der Waals surface area (Å²) in [5.74, 6) is 0.742. The fraction of sp³-hybridized carbons (Fsp3) is 0.333. The molecular weight excluding hydrogens is 665 g/mol. The van der Waals surface area contributed by atoms with Crippen molar-refractivity contribution in [2.45, 2.75) is 93.9 Å². The van der Waals surface area contributed by atoms with Crippen LogP contribution in [0.1, 0.15) is 101 Å². The predicted molar refractivity (Wildman–Crippen MR) is 222 cm³/mol. The smallest absolute Gasteiger partial charge is 0.227 e. The summed E-state index contributed by atoms with van der Waals surface area (Å²) in [6.45, 7) is 20.7. The number of rotatable bonds is 6. The zero-order valence-corrected chi connectivity index (χ0v) is 33.9. The number of pyridine rings is 4. The highest BCUT2D eigenvalue weighted by Gasteiger charge is 2.25. The highest BCUT2D eigenvalue weighted by atomic mass is 16.3. The van der Waals surface area contributed by atoms with E-state index in [0.29, 0.717) is 17.3 Å². The van der Waals surface area contributed by atoms with Gasteiger partial charge in [-0.1, -0.05) is 65.8 Å². The van der Waals surface area contributed by atoms with E-state index in [1.165, 1.54) is 22.4 Å². The lowest BCUT2D eigenvalue weighted by Gasteiger charge is -2.13. The first-order valence-electron chi connectivity index (χ1n) is 20.1. The third-order valence-corrected chi connectivity index (χ3v) is 10.8. The third-order valence-electron chi connectivity index (χ3n) is 10.8. The van der Waals surface area contributed by atoms with Gasteiger partial charge < -0.3 is 8.83 Å². The number of aryl methyl sites for hydroxylation is 8. The molecule has 6 heteroatoms. The maximum Gasteiger partial charge on any atom is 0.227 e. The van der Waals surface area contributed by atoms with E-state index in [1.807, 2.05) is 39.1 Å². The number of hydrogen-bond donors (Lipinski definition) is 0. The van der Waals surface area contributed by atoms with Crippen molar-refractivity contribution in [1.29, 1.82) is 0 Å². The number of nitrogens with zero attached hydrogens (tertiary/aromatic N) is 4. The van der Waals surface area contributed by atoms with Gasteiger partial charge in [0, 0.05) is 58.9 Å². The van der Waals surface area contributed by atoms with Crippen molar-refractivity contribution >= 4 is 44.1 Å². The number of furan rings is 2. The minimum absolute atomic E-state index is 0.232. The molecule has 0 radical (unpaired) electrons. The largest absolute Gasteiger partial charge is 0.437 e. The fourth-order valence-corrected chi connectivity index (χ4v) is 7.84. The van der Waals surface area contributed by atoms with Crippen LogP contribution in [0.2, 0.25) is 0 Å². The molecule has 0 bridgehead atoms. The van der Waals surface area contributed by atoms with Crippen molar-refractivity contribution in [2.24, 2.45) is 14.1 Å². The van der Waals surface area contributed by atoms with Gasteiger partial charge in [0.05, 0.1) is 11.1 Å². The summed E-state index contributed by atoms with van der Waals surface area (Å²) in [4.78, 5) is 9.16. The molecule has 0 fully saturated rings. The zero-order valence-electron chi connectivity index (χ0n) is 35.9. The lowest BCUT2D eigenvalue weighted by atomic mass is 9.94. The van der Waals surface area contributed by atoms with Crippen LogP contribution in [-0.4, -0.2) is 9.97 Å². The van der Waals surface area contributed by atoms with Gasteiger partial charge in [0.2, 0.25) is 22.8 Å². The van der Waals surface area contributed by atoms with Gasteiger partial charge in [-0.3, -0.25) is 0 Å². The van der Waals surface area contributed by atoms with E-state index in [1.54, 1.807) is 6.92 Å². The van der Waals surface area contributed by atoms with Crippen LogP contribution in [-0.2, 0) is 26.9 Å². The summed E-state index contributed by atoms with van der Waals surface area (Å²) in [6, 6.07) is 21.1. The molecule has 6 heterocycles. The highest BCUT2D eigenvalue weighted by molar-refractivity contribution is 6.09. The van der Waals surface area contributed by atoms with Crippen molar-refractivity contribution in [1.82, 2.24) is 9.97 Å². The molecule has 0 spiro atoms. The van der Waals surface area contributed by atoms with Crippen LogP contribution in [0.3, 0.4) is 0 Å². The normalized spacial score (nSPS) is 12.6. The average molecular weight is 721 g/mol. The van der Waals surface area contributed by atoms with E-state index in [-0.39, 0.29) is 5.92 Å². The van der Waals surface area contributed by atoms with E-state index in [9.17, 15) is 0 Å². The molecule has 0 atom stereocenters. The van der Waals surface area contributed by atoms with E-state index in [2.05, 4.69) is 129 Å². The van der Waals surface area contributed by atoms with Crippen molar-refractivity contribution < 1.29 is 20.7 Å². The summed E-state index contributed by atoms with van der Waals surface area (Å²) in [6.07, 6.45) is 3.93. The van der Waals surface area contributed by atoms with E-state index < -0.39 is 6.37 Å². The molecule has 8 rings (SSSR count). The number of benzene rings is 2. The van der Waals surface area contributed by atoms with Crippen LogP contribution in [0.25, 0.3) is 66.7 Å². The Labute approximate surface area is 322 Å². The van der Waals surface area contributed by atoms with Crippen molar-refractivity contribution in [3.8, 4) is 22.5 Å². The Hall–Kier alpha value is -5.36. The zero-order chi connectivity index (χ0) is 40.4. The Morgan fingerprint density at radius 3 is 1.41 bits per heavy atom. The van der Waals surface area contributed by atoms with Gasteiger partial charge in [0.15, 0.2) is 23.6 Å². The monoisotopic (exact) mass is 720 g/mol. The second kappa shape index (κ2) is 14.5. The topological polar surface area (TPSA) is 59.8 Å². The Morgan fingerprint density at radius 1 is 0.593 bits per heavy atom. The van der Waals surface area contributed by atoms with Crippen molar-refractivity contribution in [3.63, 3.8) is 0 Å². The van der Waals surface area contributed by atoms with Gasteiger partial charge in [-0.25, -0.2) is 19.1 Å². The molecule has 2 aromatic carbocycles. The van der Waals surface area contributed by atoms with Crippen LogP contribution in [0.4, 0.5) is 0 Å². The number of fused-ring (bicyclic) bond motifs is 6. The van der Waals surface area contributed by atoms with E-state index >= 15 is 0 Å². The summed E-state index contributed by atoms with van der Waals surface area (Å²) in [5.41, 5.74) is 16.1. The Bertz CT molecular complexity index is 2800. The van der Waals surface area contributed by atoms with Gasteiger partial charge in [-0.2, -0.15) is 0 Å². The predicted octanol–water partition coefficient (Wildman–Crippen LogP) is 11.6. The molecule has 54 heavy (non-hydrogen) atoms. The third kappa shape index (κ3) is 6.46. The van der Waals surface area contributed by atoms with Crippen LogP contribution in [0.15, 0.2) is 81.9 Å². The Morgan fingerprint density at radius 2 is 1.00 bits per heavy atom. The lowest BCUT2D eigenvalue weighted by Crippen LogP contribution is -2.32. The molecular formula is C48H54N4O2+2. The van der Waals surface area contributed by atoms with Crippen LogP contribution in [0.5, 0.6) is 0 Å². The summed E-state index contributed by atoms with van der Waals surface area (Å²) in [7, 11) is 4.14. The van der Waals surface area contributed by atoms with Crippen LogP contribution in [0, 0.1) is 27.7 Å². The second-order valence-electron chi connectivity index (χ2n) is 15.4. The highest BCUT2D eigenvalue weighted by Crippen LogP contribution is 2.39. The first kappa shape index (κ1) is 34.4. The molecule has 0 saturated heterocycles. The first-order chi connectivity index (χ1) is 26.5. The van der Waals surface area contributed by atoms with Gasteiger partial charge in [0.1, 0.15) is 14.1 Å². The summed E-state index contributed by atoms with van der Waals surface area (Å²) >= 11 is 0. The SMILES string of the molecule is CCc1cc(-c2c(C)ccc3c2oc2nc(C)ccc23)[n+](C)cc1C(C)C.[2H]C([2H])(C)c1cc(-c2c(C)ccc3c2oc2nc(C)ccc23)[n+](C)cc1C(C)C. The maximum atomic E-state index is 8.39. The quantitative estimate of drug-likeness (QED) is 0.160. The standard InChI is InChI=1S/2C24H27N2O/c2*1-7-17-12-21(26(6)13-20(17)14(2)3)22-15(4)8-10-18-19-11-9-16(5)25-24(19)27-23(18)22/h2*8-14H,7H2,1-6H3/q2*+1/i7D2;. The van der Waals surface area contributed by atoms with E-state index in [4.69, 9.17) is 11.6 Å². The van der Waals surface area contributed by atoms with Crippen molar-refractivity contribution in [3.05, 3.63) is 118 Å². The molecule has 0 aliphatic heterocycles. The molecule has 6 nitrogen and oxygen atoms in total. The molecule has 0 aliphatic carbocycles. The summed E-state index contributed by atoms with van der Waals surface area (Å²) < 4.78 is 33.6. The Balaban J connectivity index is 0.000000172. The minimum Gasteiger partial charge on any atom is -0.437 e. The first-order valence-corrected chi connectivity index (χ1v) is 19.1. The van der Waals surface area contributed by atoms with Gasteiger partial charge in [-0.05, 0) is 98.8 Å². The van der Waals surface area contributed by atoms with Crippen LogP contribution >= 0.6 is 0 Å². The maximum absolute atomic E-state index is 8.39. The minimum atomic E-state index is -1.43. The fourth-order valence-electron chi connectivity index (χ4n) is 7.84. The molecule has 6 aromatic heterocycles. The van der Waals surface area contributed by atoms with Crippen molar-refractivity contribution in [2.75, 3.05) is 0 Å². The molecule has 276 valence electrons. The molecule has 0 N–H and O–H groups in total. The van der Waals surface area contributed by atoms with Gasteiger partial charge >= 0.3 is 0 Å². The van der Waals surface area contributed by atoms with Crippen LogP contribution < -0.4 is 9.13 Å². The summed E-state index contributed by atoms with van der Waals surface area (Å²) in [5, 5.41) is 4.24. The molecule has 0 aliphatic rings. The lowest BCUT2D eigenvalue weighted by molar-refractivity contribution is -0.661.